The van der Waals surface area contributed by atoms with Crippen molar-refractivity contribution in [3.8, 4) is 6.07 Å². The highest BCUT2D eigenvalue weighted by Crippen LogP contribution is 2.44. The van der Waals surface area contributed by atoms with E-state index in [-0.39, 0.29) is 0 Å². The van der Waals surface area contributed by atoms with E-state index >= 15 is 0 Å². The topological polar surface area (TPSA) is 23.8 Å². The second-order valence-corrected chi connectivity index (χ2v) is 7.83. The summed E-state index contributed by atoms with van der Waals surface area (Å²) in [6.07, 6.45) is 17.2. The van der Waals surface area contributed by atoms with Crippen LogP contribution in [0.5, 0.6) is 0 Å². The minimum atomic E-state index is -0.753. The Kier molecular flexibility index (Phi) is 6.61. The Labute approximate surface area is 155 Å². The molecule has 0 spiro atoms. The quantitative estimate of drug-likeness (QED) is 0.436. The molecule has 0 saturated heterocycles. The molecule has 26 heavy (non-hydrogen) atoms. The fourth-order valence-electron chi connectivity index (χ4n) is 4.82. The van der Waals surface area contributed by atoms with E-state index in [9.17, 15) is 8.78 Å². The molecule has 3 heteroatoms. The van der Waals surface area contributed by atoms with Crippen LogP contribution < -0.4 is 0 Å². The molecule has 0 amide bonds. The second-order valence-electron chi connectivity index (χ2n) is 7.83. The molecule has 2 aliphatic rings. The van der Waals surface area contributed by atoms with Gasteiger partial charge in [0, 0.05) is 6.08 Å². The molecule has 0 bridgehead atoms. The number of nitrogens with zero attached hydrogens (tertiary/aromatic N) is 1. The molecule has 0 aliphatic heterocycles. The zero-order valence-electron chi connectivity index (χ0n) is 15.2. The minimum absolute atomic E-state index is 0.382. The Balaban J connectivity index is 1.46. The first-order chi connectivity index (χ1) is 12.7. The molecule has 2 saturated carbocycles. The Morgan fingerprint density at radius 2 is 1.50 bits per heavy atom. The molecule has 138 valence electrons. The molecule has 2 aliphatic carbocycles. The Morgan fingerprint density at radius 3 is 2.12 bits per heavy atom. The summed E-state index contributed by atoms with van der Waals surface area (Å²) in [4.78, 5) is 0. The van der Waals surface area contributed by atoms with Crippen molar-refractivity contribution in [3.05, 3.63) is 59.7 Å². The Hall–Kier alpha value is -1.95. The first-order valence-electron chi connectivity index (χ1n) is 9.85. The molecule has 0 N–H and O–H groups in total. The first-order valence-corrected chi connectivity index (χ1v) is 9.85. The van der Waals surface area contributed by atoms with Gasteiger partial charge in [-0.1, -0.05) is 24.3 Å². The maximum Gasteiger partial charge on any atom is 0.159 e. The van der Waals surface area contributed by atoms with Gasteiger partial charge < -0.3 is 0 Å². The zero-order chi connectivity index (χ0) is 18.4. The maximum atomic E-state index is 13.5. The van der Waals surface area contributed by atoms with Gasteiger partial charge in [-0.3, -0.25) is 0 Å². The third-order valence-corrected chi connectivity index (χ3v) is 6.34. The summed E-state index contributed by atoms with van der Waals surface area (Å²) < 4.78 is 26.6. The second kappa shape index (κ2) is 9.12. The SMILES string of the molecule is N#CC=CC=C[C@H]1CC[C@H]([C@H]2CC[C@H](c3ccc(F)c(F)c3)CC2)CC1. The summed E-state index contributed by atoms with van der Waals surface area (Å²) in [6.45, 7) is 0. The fraction of sp³-hybridized carbons (Fsp3) is 0.522. The van der Waals surface area contributed by atoms with Gasteiger partial charge in [-0.25, -0.2) is 8.78 Å². The zero-order valence-corrected chi connectivity index (χ0v) is 15.2. The fourth-order valence-corrected chi connectivity index (χ4v) is 4.82. The van der Waals surface area contributed by atoms with Crippen LogP contribution in [0.3, 0.4) is 0 Å². The molecule has 1 aromatic carbocycles. The van der Waals surface area contributed by atoms with Crippen LogP contribution in [-0.4, -0.2) is 0 Å². The number of allylic oxidation sites excluding steroid dienone is 4. The standard InChI is InChI=1S/C23H27F2N/c24-22-14-13-21(16-23(22)25)20-11-9-19(10-12-20)18-7-5-17(6-8-18)4-2-1-3-15-26/h1-4,13-14,16-20H,5-12H2/t17-,18-,19-,20-. The van der Waals surface area contributed by atoms with Crippen molar-refractivity contribution < 1.29 is 8.78 Å². The molecule has 0 heterocycles. The molecule has 3 rings (SSSR count). The monoisotopic (exact) mass is 355 g/mol. The molecular formula is C23H27F2N. The van der Waals surface area contributed by atoms with Crippen LogP contribution in [0, 0.1) is 40.7 Å². The lowest BCUT2D eigenvalue weighted by atomic mass is 9.68. The van der Waals surface area contributed by atoms with E-state index < -0.39 is 11.6 Å². The summed E-state index contributed by atoms with van der Waals surface area (Å²) in [7, 11) is 0. The van der Waals surface area contributed by atoms with Gasteiger partial charge in [-0.2, -0.15) is 5.26 Å². The highest BCUT2D eigenvalue weighted by atomic mass is 19.2. The highest BCUT2D eigenvalue weighted by Gasteiger charge is 2.30. The molecule has 0 atom stereocenters. The van der Waals surface area contributed by atoms with Crippen LogP contribution in [0.25, 0.3) is 0 Å². The predicted molar refractivity (Wildman–Crippen MR) is 100 cm³/mol. The number of hydrogen-bond acceptors (Lipinski definition) is 1. The summed E-state index contributed by atoms with van der Waals surface area (Å²) in [5, 5.41) is 8.49. The van der Waals surface area contributed by atoms with Crippen LogP contribution in [0.2, 0.25) is 0 Å². The summed E-state index contributed by atoms with van der Waals surface area (Å²) >= 11 is 0. The van der Waals surface area contributed by atoms with Gasteiger partial charge in [0.2, 0.25) is 0 Å². The lowest BCUT2D eigenvalue weighted by Crippen LogP contribution is -2.25. The van der Waals surface area contributed by atoms with Gasteiger partial charge in [0.05, 0.1) is 6.07 Å². The molecule has 1 nitrogen and oxygen atoms in total. The van der Waals surface area contributed by atoms with Crippen LogP contribution in [-0.2, 0) is 0 Å². The maximum absolute atomic E-state index is 13.5. The Bertz CT molecular complexity index is 685. The van der Waals surface area contributed by atoms with E-state index in [0.717, 1.165) is 30.2 Å². The molecule has 2 fully saturated rings. The lowest BCUT2D eigenvalue weighted by molar-refractivity contribution is 0.171. The van der Waals surface area contributed by atoms with Crippen molar-refractivity contribution in [2.24, 2.45) is 17.8 Å². The van der Waals surface area contributed by atoms with Gasteiger partial charge in [0.25, 0.3) is 0 Å². The lowest BCUT2D eigenvalue weighted by Gasteiger charge is -2.37. The van der Waals surface area contributed by atoms with Crippen LogP contribution >= 0.6 is 0 Å². The predicted octanol–water partition coefficient (Wildman–Crippen LogP) is 6.68. The molecule has 0 aromatic heterocycles. The first kappa shape index (κ1) is 18.8. The van der Waals surface area contributed by atoms with Gasteiger partial charge in [0.1, 0.15) is 0 Å². The minimum Gasteiger partial charge on any atom is -0.204 e. The average molecular weight is 355 g/mol. The average Bonchev–Trinajstić information content (AvgIpc) is 2.68. The van der Waals surface area contributed by atoms with Crippen LogP contribution in [0.15, 0.2) is 42.5 Å². The van der Waals surface area contributed by atoms with E-state index in [2.05, 4.69) is 6.08 Å². The van der Waals surface area contributed by atoms with E-state index in [1.54, 1.807) is 6.07 Å². The third-order valence-electron chi connectivity index (χ3n) is 6.34. The van der Waals surface area contributed by atoms with Gasteiger partial charge in [-0.15, -0.1) is 0 Å². The number of rotatable bonds is 4. The summed E-state index contributed by atoms with van der Waals surface area (Å²) in [5.74, 6) is 1.16. The summed E-state index contributed by atoms with van der Waals surface area (Å²) in [5.41, 5.74) is 0.960. The molecular weight excluding hydrogens is 328 g/mol. The van der Waals surface area contributed by atoms with Crippen LogP contribution in [0.1, 0.15) is 62.8 Å². The van der Waals surface area contributed by atoms with E-state index in [1.165, 1.54) is 56.7 Å². The van der Waals surface area contributed by atoms with Crippen molar-refractivity contribution in [1.29, 1.82) is 5.26 Å². The third kappa shape index (κ3) is 4.81. The normalized spacial score (nSPS) is 29.9. The van der Waals surface area contributed by atoms with Crippen molar-refractivity contribution in [1.82, 2.24) is 0 Å². The molecule has 0 radical (unpaired) electrons. The largest absolute Gasteiger partial charge is 0.204 e. The van der Waals surface area contributed by atoms with Crippen molar-refractivity contribution in [2.45, 2.75) is 57.3 Å². The summed E-state index contributed by atoms with van der Waals surface area (Å²) in [6, 6.07) is 6.41. The molecule has 1 aromatic rings. The van der Waals surface area contributed by atoms with E-state index in [1.807, 2.05) is 18.2 Å². The van der Waals surface area contributed by atoms with Crippen molar-refractivity contribution in [2.75, 3.05) is 0 Å². The van der Waals surface area contributed by atoms with Gasteiger partial charge >= 0.3 is 0 Å². The number of nitriles is 1. The number of benzene rings is 1. The van der Waals surface area contributed by atoms with Gasteiger partial charge in [-0.05, 0) is 92.7 Å². The molecule has 0 unspecified atom stereocenters. The Morgan fingerprint density at radius 1 is 0.846 bits per heavy atom. The van der Waals surface area contributed by atoms with Crippen molar-refractivity contribution >= 4 is 0 Å². The number of hydrogen-bond donors (Lipinski definition) is 0. The van der Waals surface area contributed by atoms with E-state index in [0.29, 0.717) is 11.8 Å². The highest BCUT2D eigenvalue weighted by molar-refractivity contribution is 5.22. The van der Waals surface area contributed by atoms with E-state index in [4.69, 9.17) is 5.26 Å². The smallest absolute Gasteiger partial charge is 0.159 e. The van der Waals surface area contributed by atoms with Crippen molar-refractivity contribution in [3.63, 3.8) is 0 Å². The van der Waals surface area contributed by atoms with Crippen LogP contribution in [0.4, 0.5) is 8.78 Å². The van der Waals surface area contributed by atoms with Gasteiger partial charge in [0.15, 0.2) is 11.6 Å². The number of halogens is 2.